The molecule has 1 N–H and O–H groups in total. The Kier molecular flexibility index (Phi) is 7.56. The maximum atomic E-state index is 13.2. The molecule has 1 amide bonds. The van der Waals surface area contributed by atoms with Crippen LogP contribution in [-0.2, 0) is 17.8 Å². The highest BCUT2D eigenvalue weighted by Crippen LogP contribution is 2.28. The molecular weight excluding hydrogens is 410 g/mol. The minimum Gasteiger partial charge on any atom is -0.478 e. The summed E-state index contributed by atoms with van der Waals surface area (Å²) in [6, 6.07) is 25.6. The van der Waals surface area contributed by atoms with Gasteiger partial charge in [0.15, 0.2) is 0 Å². The third-order valence-corrected chi connectivity index (χ3v) is 6.54. The molecule has 33 heavy (non-hydrogen) atoms. The van der Waals surface area contributed by atoms with Crippen molar-refractivity contribution in [1.29, 1.82) is 0 Å². The second-order valence-corrected chi connectivity index (χ2v) is 8.91. The van der Waals surface area contributed by atoms with Crippen molar-refractivity contribution >= 4 is 11.9 Å². The Bertz CT molecular complexity index is 1050. The average molecular weight is 442 g/mol. The summed E-state index contributed by atoms with van der Waals surface area (Å²) in [5, 5.41) is 9.08. The number of hydrogen-bond acceptors (Lipinski definition) is 2. The van der Waals surface area contributed by atoms with E-state index in [2.05, 4.69) is 41.3 Å². The van der Waals surface area contributed by atoms with Crippen LogP contribution in [0.4, 0.5) is 0 Å². The number of benzene rings is 3. The van der Waals surface area contributed by atoms with Crippen LogP contribution < -0.4 is 0 Å². The quantitative estimate of drug-likeness (QED) is 0.430. The van der Waals surface area contributed by atoms with E-state index in [-0.39, 0.29) is 11.5 Å². The second kappa shape index (κ2) is 11.0. The zero-order valence-electron chi connectivity index (χ0n) is 19.0. The summed E-state index contributed by atoms with van der Waals surface area (Å²) < 4.78 is 0. The number of carboxylic acid groups (broad SMARTS) is 1. The lowest BCUT2D eigenvalue weighted by Gasteiger charge is -2.26. The molecule has 0 atom stereocenters. The van der Waals surface area contributed by atoms with Gasteiger partial charge in [-0.25, -0.2) is 4.79 Å². The summed E-state index contributed by atoms with van der Waals surface area (Å²) in [5.74, 6) is -0.446. The van der Waals surface area contributed by atoms with Crippen molar-refractivity contribution in [2.75, 3.05) is 6.54 Å². The van der Waals surface area contributed by atoms with Gasteiger partial charge in [-0.3, -0.25) is 4.79 Å². The van der Waals surface area contributed by atoms with Gasteiger partial charge in [0.2, 0.25) is 5.91 Å². The van der Waals surface area contributed by atoms with Crippen LogP contribution in [0.3, 0.4) is 0 Å². The highest BCUT2D eigenvalue weighted by atomic mass is 16.4. The van der Waals surface area contributed by atoms with Gasteiger partial charge in [0.1, 0.15) is 0 Å². The van der Waals surface area contributed by atoms with Crippen molar-refractivity contribution in [1.82, 2.24) is 4.90 Å². The molecule has 0 saturated heterocycles. The number of carbonyl (C=O) groups is 2. The van der Waals surface area contributed by atoms with E-state index in [4.69, 9.17) is 5.11 Å². The SMILES string of the molecule is O=C(O)c1ccc(-c2ccc(CN(CCCc3ccccc3)C(=O)C3CCCC3)cc2)cc1. The first kappa shape index (κ1) is 22.8. The molecule has 3 aromatic carbocycles. The first-order valence-electron chi connectivity index (χ1n) is 11.9. The topological polar surface area (TPSA) is 57.6 Å². The summed E-state index contributed by atoms with van der Waals surface area (Å²) in [6.45, 7) is 1.39. The molecule has 4 rings (SSSR count). The summed E-state index contributed by atoms with van der Waals surface area (Å²) in [6.07, 6.45) is 6.27. The highest BCUT2D eigenvalue weighted by molar-refractivity contribution is 5.88. The molecule has 1 aliphatic carbocycles. The fourth-order valence-corrected chi connectivity index (χ4v) is 4.65. The summed E-state index contributed by atoms with van der Waals surface area (Å²) in [4.78, 5) is 26.4. The predicted molar refractivity (Wildman–Crippen MR) is 131 cm³/mol. The molecule has 0 aliphatic heterocycles. The Morgan fingerprint density at radius 1 is 0.788 bits per heavy atom. The van der Waals surface area contributed by atoms with Crippen LogP contribution in [0.1, 0.15) is 53.6 Å². The minimum atomic E-state index is -0.920. The molecule has 0 spiro atoms. The van der Waals surface area contributed by atoms with Gasteiger partial charge in [-0.2, -0.15) is 0 Å². The largest absolute Gasteiger partial charge is 0.478 e. The van der Waals surface area contributed by atoms with Gasteiger partial charge in [0, 0.05) is 19.0 Å². The van der Waals surface area contributed by atoms with E-state index >= 15 is 0 Å². The van der Waals surface area contributed by atoms with Gasteiger partial charge in [-0.1, -0.05) is 79.6 Å². The molecule has 1 fully saturated rings. The molecular formula is C29H31NO3. The van der Waals surface area contributed by atoms with E-state index in [1.165, 1.54) is 5.56 Å². The van der Waals surface area contributed by atoms with Crippen molar-refractivity contribution < 1.29 is 14.7 Å². The van der Waals surface area contributed by atoms with E-state index in [1.807, 2.05) is 30.3 Å². The van der Waals surface area contributed by atoms with Crippen molar-refractivity contribution in [3.05, 3.63) is 95.6 Å². The number of amides is 1. The second-order valence-electron chi connectivity index (χ2n) is 8.91. The predicted octanol–water partition coefficient (Wildman–Crippen LogP) is 6.20. The normalized spacial score (nSPS) is 13.7. The summed E-state index contributed by atoms with van der Waals surface area (Å²) in [7, 11) is 0. The maximum absolute atomic E-state index is 13.2. The molecule has 0 heterocycles. The van der Waals surface area contributed by atoms with Crippen LogP contribution >= 0.6 is 0 Å². The number of aryl methyl sites for hydroxylation is 1. The Morgan fingerprint density at radius 3 is 2.00 bits per heavy atom. The van der Waals surface area contributed by atoms with Crippen molar-refractivity contribution in [2.24, 2.45) is 5.92 Å². The molecule has 0 radical (unpaired) electrons. The van der Waals surface area contributed by atoms with Crippen LogP contribution in [-0.4, -0.2) is 28.4 Å². The van der Waals surface area contributed by atoms with Crippen LogP contribution in [0.5, 0.6) is 0 Å². The Balaban J connectivity index is 1.42. The summed E-state index contributed by atoms with van der Waals surface area (Å²) in [5.41, 5.74) is 4.73. The van der Waals surface area contributed by atoms with Crippen molar-refractivity contribution in [3.63, 3.8) is 0 Å². The van der Waals surface area contributed by atoms with Crippen LogP contribution in [0, 0.1) is 5.92 Å². The number of nitrogens with zero attached hydrogens (tertiary/aromatic N) is 1. The molecule has 0 bridgehead atoms. The lowest BCUT2D eigenvalue weighted by Crippen LogP contribution is -2.35. The van der Waals surface area contributed by atoms with Crippen LogP contribution in [0.25, 0.3) is 11.1 Å². The smallest absolute Gasteiger partial charge is 0.335 e. The highest BCUT2D eigenvalue weighted by Gasteiger charge is 2.27. The van der Waals surface area contributed by atoms with E-state index in [9.17, 15) is 9.59 Å². The molecule has 4 nitrogen and oxygen atoms in total. The monoisotopic (exact) mass is 441 g/mol. The van der Waals surface area contributed by atoms with Gasteiger partial charge in [0.05, 0.1) is 5.56 Å². The minimum absolute atomic E-state index is 0.175. The molecule has 1 aliphatic rings. The maximum Gasteiger partial charge on any atom is 0.335 e. The van der Waals surface area contributed by atoms with Gasteiger partial charge in [-0.15, -0.1) is 0 Å². The molecule has 3 aromatic rings. The van der Waals surface area contributed by atoms with Gasteiger partial charge < -0.3 is 10.0 Å². The number of carboxylic acids is 1. The number of carbonyl (C=O) groups excluding carboxylic acids is 1. The van der Waals surface area contributed by atoms with E-state index in [1.54, 1.807) is 12.1 Å². The molecule has 4 heteroatoms. The summed E-state index contributed by atoms with van der Waals surface area (Å²) >= 11 is 0. The Labute approximate surface area is 195 Å². The Morgan fingerprint density at radius 2 is 1.39 bits per heavy atom. The number of aromatic carboxylic acids is 1. The molecule has 1 saturated carbocycles. The third-order valence-electron chi connectivity index (χ3n) is 6.54. The zero-order chi connectivity index (χ0) is 23.0. The zero-order valence-corrected chi connectivity index (χ0v) is 19.0. The van der Waals surface area contributed by atoms with Gasteiger partial charge in [-0.05, 0) is 60.1 Å². The molecule has 170 valence electrons. The number of rotatable bonds is 9. The van der Waals surface area contributed by atoms with Crippen LogP contribution in [0.15, 0.2) is 78.9 Å². The third kappa shape index (κ3) is 6.10. The lowest BCUT2D eigenvalue weighted by atomic mass is 10.0. The fourth-order valence-electron chi connectivity index (χ4n) is 4.65. The lowest BCUT2D eigenvalue weighted by molar-refractivity contribution is -0.136. The standard InChI is InChI=1S/C29H31NO3/c31-28(26-10-4-5-11-26)30(20-6-9-22-7-2-1-3-8-22)21-23-12-14-24(15-13-23)25-16-18-27(19-17-25)29(32)33/h1-3,7-8,12-19,26H,4-6,9-11,20-21H2,(H,32,33). The van der Waals surface area contributed by atoms with E-state index < -0.39 is 5.97 Å². The van der Waals surface area contributed by atoms with E-state index in [0.717, 1.165) is 61.8 Å². The van der Waals surface area contributed by atoms with Crippen molar-refractivity contribution in [3.8, 4) is 11.1 Å². The Hall–Kier alpha value is -3.40. The van der Waals surface area contributed by atoms with E-state index in [0.29, 0.717) is 12.5 Å². The molecule has 0 aromatic heterocycles. The van der Waals surface area contributed by atoms with Crippen molar-refractivity contribution in [2.45, 2.75) is 45.1 Å². The average Bonchev–Trinajstić information content (AvgIpc) is 3.39. The first-order valence-corrected chi connectivity index (χ1v) is 11.9. The number of hydrogen-bond donors (Lipinski definition) is 1. The molecule has 0 unspecified atom stereocenters. The van der Waals surface area contributed by atoms with Gasteiger partial charge in [0.25, 0.3) is 0 Å². The first-order chi connectivity index (χ1) is 16.1. The fraction of sp³-hybridized carbons (Fsp3) is 0.310. The van der Waals surface area contributed by atoms with Crippen LogP contribution in [0.2, 0.25) is 0 Å². The van der Waals surface area contributed by atoms with Gasteiger partial charge >= 0.3 is 5.97 Å².